The number of aromatic carboxylic acids is 1. The minimum absolute atomic E-state index is 0.215. The normalized spacial score (nSPS) is 10.3. The number of methoxy groups -OCH3 is 1. The van der Waals surface area contributed by atoms with E-state index in [2.05, 4.69) is 6.92 Å². The molecule has 4 nitrogen and oxygen atoms in total. The third kappa shape index (κ3) is 3.11. The first-order valence-electron chi connectivity index (χ1n) is 6.25. The van der Waals surface area contributed by atoms with E-state index in [0.717, 1.165) is 12.0 Å². The van der Waals surface area contributed by atoms with Crippen LogP contribution in [0, 0.1) is 0 Å². The van der Waals surface area contributed by atoms with Gasteiger partial charge in [-0.1, -0.05) is 13.0 Å². The Kier molecular flexibility index (Phi) is 4.63. The second-order valence-corrected chi connectivity index (χ2v) is 5.12. The Bertz CT molecular complexity index is 604. The average molecular weight is 292 g/mol. The predicted octanol–water partition coefficient (Wildman–Crippen LogP) is 3.60. The first kappa shape index (κ1) is 14.4. The van der Waals surface area contributed by atoms with Crippen LogP contribution in [0.5, 0.6) is 11.5 Å². The summed E-state index contributed by atoms with van der Waals surface area (Å²) in [6.07, 6.45) is 0.921. The lowest BCUT2D eigenvalue weighted by Gasteiger charge is -2.11. The Morgan fingerprint density at radius 2 is 2.10 bits per heavy atom. The highest BCUT2D eigenvalue weighted by Crippen LogP contribution is 2.29. The molecule has 2 aromatic rings. The topological polar surface area (TPSA) is 55.8 Å². The van der Waals surface area contributed by atoms with Crippen LogP contribution in [-0.2, 0) is 13.0 Å². The Balaban J connectivity index is 2.14. The first-order valence-corrected chi connectivity index (χ1v) is 7.13. The highest BCUT2D eigenvalue weighted by atomic mass is 32.1. The number of hydrogen-bond acceptors (Lipinski definition) is 4. The maximum atomic E-state index is 11.0. The van der Waals surface area contributed by atoms with Gasteiger partial charge in [0.15, 0.2) is 11.5 Å². The minimum Gasteiger partial charge on any atom is -0.493 e. The van der Waals surface area contributed by atoms with E-state index in [1.165, 1.54) is 11.3 Å². The van der Waals surface area contributed by atoms with Gasteiger partial charge in [-0.25, -0.2) is 4.79 Å². The van der Waals surface area contributed by atoms with Crippen molar-refractivity contribution in [3.05, 3.63) is 45.6 Å². The summed E-state index contributed by atoms with van der Waals surface area (Å²) in [6, 6.07) is 7.52. The van der Waals surface area contributed by atoms with Crippen LogP contribution in [0.15, 0.2) is 29.6 Å². The number of rotatable bonds is 6. The molecule has 0 spiro atoms. The van der Waals surface area contributed by atoms with Gasteiger partial charge in [-0.05, 0) is 35.6 Å². The first-order chi connectivity index (χ1) is 9.65. The molecule has 0 unspecified atom stereocenters. The van der Waals surface area contributed by atoms with Gasteiger partial charge in [0.25, 0.3) is 0 Å². The maximum Gasteiger partial charge on any atom is 0.346 e. The van der Waals surface area contributed by atoms with Gasteiger partial charge in [0.05, 0.1) is 7.11 Å². The fourth-order valence-corrected chi connectivity index (χ4v) is 2.59. The van der Waals surface area contributed by atoms with Gasteiger partial charge in [-0.2, -0.15) is 0 Å². The van der Waals surface area contributed by atoms with E-state index in [1.807, 2.05) is 18.2 Å². The largest absolute Gasteiger partial charge is 0.493 e. The number of thiophene rings is 1. The highest BCUT2D eigenvalue weighted by molar-refractivity contribution is 7.12. The van der Waals surface area contributed by atoms with Crippen molar-refractivity contribution in [1.29, 1.82) is 0 Å². The molecule has 1 aromatic carbocycles. The van der Waals surface area contributed by atoms with Crippen molar-refractivity contribution in [1.82, 2.24) is 0 Å². The third-order valence-corrected chi connectivity index (χ3v) is 3.91. The van der Waals surface area contributed by atoms with Gasteiger partial charge in [-0.15, -0.1) is 11.3 Å². The van der Waals surface area contributed by atoms with Crippen LogP contribution >= 0.6 is 11.3 Å². The Morgan fingerprint density at radius 3 is 2.75 bits per heavy atom. The maximum absolute atomic E-state index is 11.0. The van der Waals surface area contributed by atoms with Crippen molar-refractivity contribution >= 4 is 17.3 Å². The van der Waals surface area contributed by atoms with Crippen LogP contribution < -0.4 is 9.47 Å². The van der Waals surface area contributed by atoms with Gasteiger partial charge >= 0.3 is 5.97 Å². The zero-order valence-corrected chi connectivity index (χ0v) is 12.2. The molecule has 1 aromatic heterocycles. The van der Waals surface area contributed by atoms with Crippen molar-refractivity contribution in [2.45, 2.75) is 20.0 Å². The van der Waals surface area contributed by atoms with Gasteiger partial charge in [-0.3, -0.25) is 0 Å². The summed E-state index contributed by atoms with van der Waals surface area (Å²) in [5.41, 5.74) is 1.83. The molecule has 20 heavy (non-hydrogen) atoms. The van der Waals surface area contributed by atoms with E-state index in [9.17, 15) is 4.79 Å². The number of carbonyl (C=O) groups is 1. The molecule has 0 aliphatic rings. The van der Waals surface area contributed by atoms with Crippen molar-refractivity contribution in [3.8, 4) is 11.5 Å². The molecule has 0 aliphatic carbocycles. The summed E-state index contributed by atoms with van der Waals surface area (Å²) < 4.78 is 11.0. The van der Waals surface area contributed by atoms with Crippen LogP contribution in [0.25, 0.3) is 0 Å². The van der Waals surface area contributed by atoms with Crippen LogP contribution in [0.4, 0.5) is 0 Å². The van der Waals surface area contributed by atoms with Crippen molar-refractivity contribution in [2.24, 2.45) is 0 Å². The number of carboxylic acid groups (broad SMARTS) is 1. The zero-order valence-electron chi connectivity index (χ0n) is 11.4. The molecule has 5 heteroatoms. The molecule has 1 N–H and O–H groups in total. The predicted molar refractivity (Wildman–Crippen MR) is 78.0 cm³/mol. The Morgan fingerprint density at radius 1 is 1.30 bits per heavy atom. The van der Waals surface area contributed by atoms with Crippen molar-refractivity contribution in [2.75, 3.05) is 7.11 Å². The number of benzene rings is 1. The van der Waals surface area contributed by atoms with Crippen molar-refractivity contribution in [3.63, 3.8) is 0 Å². The van der Waals surface area contributed by atoms with E-state index in [1.54, 1.807) is 18.6 Å². The number of aryl methyl sites for hydroxylation is 1. The van der Waals surface area contributed by atoms with Gasteiger partial charge in [0.2, 0.25) is 0 Å². The monoisotopic (exact) mass is 292 g/mol. The zero-order chi connectivity index (χ0) is 14.5. The molecule has 106 valence electrons. The average Bonchev–Trinajstić information content (AvgIpc) is 2.93. The third-order valence-electron chi connectivity index (χ3n) is 2.96. The standard InChI is InChI=1S/C15H16O4S/c1-3-10-4-5-12(13(8-10)18-2)19-9-11-6-7-20-14(11)15(16)17/h4-8H,3,9H2,1-2H3,(H,16,17). The number of ether oxygens (including phenoxy) is 2. The molecule has 1 heterocycles. The smallest absolute Gasteiger partial charge is 0.346 e. The van der Waals surface area contributed by atoms with Crippen molar-refractivity contribution < 1.29 is 19.4 Å². The molecule has 0 radical (unpaired) electrons. The van der Waals surface area contributed by atoms with E-state index in [4.69, 9.17) is 14.6 Å². The molecule has 0 aliphatic heterocycles. The van der Waals surface area contributed by atoms with Gasteiger partial charge in [0, 0.05) is 5.56 Å². The SMILES string of the molecule is CCc1ccc(OCc2ccsc2C(=O)O)c(OC)c1. The summed E-state index contributed by atoms with van der Waals surface area (Å²) in [5.74, 6) is 0.357. The second-order valence-electron chi connectivity index (χ2n) is 4.21. The summed E-state index contributed by atoms with van der Waals surface area (Å²) in [5, 5.41) is 10.8. The fourth-order valence-electron chi connectivity index (χ4n) is 1.84. The quantitative estimate of drug-likeness (QED) is 0.884. The molecule has 2 rings (SSSR count). The van der Waals surface area contributed by atoms with Crippen LogP contribution in [-0.4, -0.2) is 18.2 Å². The molecular formula is C15H16O4S. The summed E-state index contributed by atoms with van der Waals surface area (Å²) >= 11 is 1.20. The lowest BCUT2D eigenvalue weighted by molar-refractivity contribution is 0.0699. The Labute approximate surface area is 121 Å². The molecule has 0 saturated heterocycles. The van der Waals surface area contributed by atoms with Crippen LogP contribution in [0.3, 0.4) is 0 Å². The highest BCUT2D eigenvalue weighted by Gasteiger charge is 2.13. The molecule has 0 atom stereocenters. The minimum atomic E-state index is -0.924. The van der Waals surface area contributed by atoms with E-state index < -0.39 is 5.97 Å². The second kappa shape index (κ2) is 6.43. The Hall–Kier alpha value is -2.01. The molecule has 0 fully saturated rings. The van der Waals surface area contributed by atoms with E-state index >= 15 is 0 Å². The molecule has 0 saturated carbocycles. The number of carboxylic acids is 1. The van der Waals surface area contributed by atoms with Gasteiger partial charge in [0.1, 0.15) is 11.5 Å². The molecular weight excluding hydrogens is 276 g/mol. The summed E-state index contributed by atoms with van der Waals surface area (Å²) in [6.45, 7) is 2.28. The van der Waals surface area contributed by atoms with Crippen LogP contribution in [0.1, 0.15) is 27.7 Å². The fraction of sp³-hybridized carbons (Fsp3) is 0.267. The van der Waals surface area contributed by atoms with E-state index in [-0.39, 0.29) is 6.61 Å². The molecule has 0 amide bonds. The summed E-state index contributed by atoms with van der Waals surface area (Å²) in [4.78, 5) is 11.3. The number of hydrogen-bond donors (Lipinski definition) is 1. The molecule has 0 bridgehead atoms. The van der Waals surface area contributed by atoms with Gasteiger partial charge < -0.3 is 14.6 Å². The van der Waals surface area contributed by atoms with E-state index in [0.29, 0.717) is 21.9 Å². The van der Waals surface area contributed by atoms with Crippen LogP contribution in [0.2, 0.25) is 0 Å². The lowest BCUT2D eigenvalue weighted by atomic mass is 10.1. The summed E-state index contributed by atoms with van der Waals surface area (Å²) in [7, 11) is 1.59. The lowest BCUT2D eigenvalue weighted by Crippen LogP contribution is -2.02.